The van der Waals surface area contributed by atoms with E-state index in [-0.39, 0.29) is 5.91 Å². The Hall–Kier alpha value is -3.40. The fraction of sp³-hybridized carbons (Fsp3) is 0.167. The van der Waals surface area contributed by atoms with Gasteiger partial charge < -0.3 is 9.88 Å². The molecule has 1 N–H and O–H groups in total. The Labute approximate surface area is 163 Å². The summed E-state index contributed by atoms with van der Waals surface area (Å²) in [4.78, 5) is 22.6. The van der Waals surface area contributed by atoms with Crippen LogP contribution in [-0.2, 0) is 13.0 Å². The molecule has 2 aromatic heterocycles. The van der Waals surface area contributed by atoms with E-state index in [0.29, 0.717) is 12.1 Å². The molecular formula is C24H21N3O. The van der Waals surface area contributed by atoms with Crippen LogP contribution < -0.4 is 0 Å². The summed E-state index contributed by atoms with van der Waals surface area (Å²) in [5.41, 5.74) is 7.67. The van der Waals surface area contributed by atoms with Crippen LogP contribution in [0.3, 0.4) is 0 Å². The molecule has 3 heterocycles. The molecule has 0 saturated heterocycles. The topological polar surface area (TPSA) is 49.0 Å². The molecule has 4 heteroatoms. The number of nitrogens with zero attached hydrogens (tertiary/aromatic N) is 2. The van der Waals surface area contributed by atoms with Crippen molar-refractivity contribution in [2.75, 3.05) is 6.54 Å². The highest BCUT2D eigenvalue weighted by molar-refractivity contribution is 5.95. The minimum Gasteiger partial charge on any atom is -0.358 e. The minimum atomic E-state index is 0.0513. The van der Waals surface area contributed by atoms with Crippen molar-refractivity contribution in [1.82, 2.24) is 14.9 Å². The molecule has 1 amide bonds. The largest absolute Gasteiger partial charge is 0.358 e. The highest BCUT2D eigenvalue weighted by Crippen LogP contribution is 2.32. The van der Waals surface area contributed by atoms with Crippen molar-refractivity contribution in [1.29, 1.82) is 0 Å². The van der Waals surface area contributed by atoms with Crippen LogP contribution in [-0.4, -0.2) is 27.3 Å². The Morgan fingerprint density at radius 2 is 1.89 bits per heavy atom. The first-order valence-electron chi connectivity index (χ1n) is 9.59. The summed E-state index contributed by atoms with van der Waals surface area (Å²) in [6.07, 6.45) is 4.28. The molecule has 2 aromatic carbocycles. The maximum absolute atomic E-state index is 13.0. The third-order valence-electron chi connectivity index (χ3n) is 5.49. The zero-order valence-corrected chi connectivity index (χ0v) is 15.8. The molecule has 138 valence electrons. The number of carbonyl (C=O) groups excluding carboxylic acids is 1. The molecule has 0 radical (unpaired) electrons. The van der Waals surface area contributed by atoms with E-state index in [9.17, 15) is 4.79 Å². The number of rotatable bonds is 2. The van der Waals surface area contributed by atoms with E-state index in [1.165, 1.54) is 27.8 Å². The summed E-state index contributed by atoms with van der Waals surface area (Å²) >= 11 is 0. The van der Waals surface area contributed by atoms with Crippen molar-refractivity contribution in [3.8, 4) is 11.1 Å². The molecule has 28 heavy (non-hydrogen) atoms. The fourth-order valence-electron chi connectivity index (χ4n) is 4.05. The number of nitrogens with one attached hydrogen (secondary N) is 1. The minimum absolute atomic E-state index is 0.0513. The van der Waals surface area contributed by atoms with Gasteiger partial charge >= 0.3 is 0 Å². The van der Waals surface area contributed by atoms with Crippen LogP contribution in [0.15, 0.2) is 67.0 Å². The quantitative estimate of drug-likeness (QED) is 0.556. The fourth-order valence-corrected chi connectivity index (χ4v) is 4.05. The van der Waals surface area contributed by atoms with Crippen LogP contribution in [0.1, 0.15) is 27.2 Å². The number of pyridine rings is 1. The van der Waals surface area contributed by atoms with Gasteiger partial charge in [-0.15, -0.1) is 0 Å². The van der Waals surface area contributed by atoms with E-state index in [0.717, 1.165) is 24.0 Å². The van der Waals surface area contributed by atoms with Crippen LogP contribution in [0.4, 0.5) is 0 Å². The van der Waals surface area contributed by atoms with Crippen LogP contribution in [0.5, 0.6) is 0 Å². The number of hydrogen-bond acceptors (Lipinski definition) is 2. The average Bonchev–Trinajstić information content (AvgIpc) is 3.11. The van der Waals surface area contributed by atoms with Gasteiger partial charge in [0.2, 0.25) is 0 Å². The Kier molecular flexibility index (Phi) is 3.97. The lowest BCUT2D eigenvalue weighted by molar-refractivity contribution is 0.0734. The third-order valence-corrected chi connectivity index (χ3v) is 5.49. The molecule has 0 fully saturated rings. The van der Waals surface area contributed by atoms with Gasteiger partial charge in [-0.1, -0.05) is 36.4 Å². The van der Waals surface area contributed by atoms with Crippen LogP contribution >= 0.6 is 0 Å². The lowest BCUT2D eigenvalue weighted by atomic mass is 9.99. The molecule has 0 bridgehead atoms. The van der Waals surface area contributed by atoms with Crippen molar-refractivity contribution in [2.24, 2.45) is 0 Å². The molecule has 1 aliphatic rings. The van der Waals surface area contributed by atoms with Crippen molar-refractivity contribution in [3.63, 3.8) is 0 Å². The number of carbonyl (C=O) groups is 1. The van der Waals surface area contributed by atoms with Crippen molar-refractivity contribution in [2.45, 2.75) is 19.9 Å². The maximum atomic E-state index is 13.0. The monoisotopic (exact) mass is 367 g/mol. The normalized spacial score (nSPS) is 13.5. The molecule has 0 saturated carbocycles. The van der Waals surface area contributed by atoms with Gasteiger partial charge in [0.25, 0.3) is 5.91 Å². The number of fused-ring (bicyclic) bond motifs is 3. The zero-order valence-electron chi connectivity index (χ0n) is 15.8. The van der Waals surface area contributed by atoms with Gasteiger partial charge in [0.05, 0.1) is 5.56 Å². The Balaban J connectivity index is 1.51. The van der Waals surface area contributed by atoms with E-state index < -0.39 is 0 Å². The summed E-state index contributed by atoms with van der Waals surface area (Å²) in [6.45, 7) is 3.31. The number of hydrogen-bond donors (Lipinski definition) is 1. The van der Waals surface area contributed by atoms with Crippen molar-refractivity contribution < 1.29 is 4.79 Å². The number of aryl methyl sites for hydroxylation is 1. The van der Waals surface area contributed by atoms with Crippen LogP contribution in [0.2, 0.25) is 0 Å². The predicted molar refractivity (Wildman–Crippen MR) is 111 cm³/mol. The molecule has 5 rings (SSSR count). The number of amides is 1. The summed E-state index contributed by atoms with van der Waals surface area (Å²) in [7, 11) is 0. The molecule has 0 aliphatic carbocycles. The van der Waals surface area contributed by atoms with E-state index >= 15 is 0 Å². The second-order valence-electron chi connectivity index (χ2n) is 7.44. The third kappa shape index (κ3) is 2.87. The van der Waals surface area contributed by atoms with E-state index in [1.54, 1.807) is 12.4 Å². The first-order chi connectivity index (χ1) is 13.7. The highest BCUT2D eigenvalue weighted by atomic mass is 16.2. The van der Waals surface area contributed by atoms with Gasteiger partial charge in [-0.3, -0.25) is 9.78 Å². The predicted octanol–water partition coefficient (Wildman–Crippen LogP) is 4.74. The Morgan fingerprint density at radius 3 is 2.71 bits per heavy atom. The lowest BCUT2D eigenvalue weighted by Crippen LogP contribution is -2.35. The molecular weight excluding hydrogens is 346 g/mol. The maximum Gasteiger partial charge on any atom is 0.255 e. The van der Waals surface area contributed by atoms with Gasteiger partial charge in [0, 0.05) is 54.1 Å². The number of aromatic amines is 1. The average molecular weight is 367 g/mol. The summed E-state index contributed by atoms with van der Waals surface area (Å²) < 4.78 is 0. The number of benzene rings is 2. The molecule has 0 unspecified atom stereocenters. The van der Waals surface area contributed by atoms with Crippen molar-refractivity contribution in [3.05, 3.63) is 89.4 Å². The van der Waals surface area contributed by atoms with Crippen molar-refractivity contribution >= 4 is 16.8 Å². The van der Waals surface area contributed by atoms with Crippen LogP contribution in [0.25, 0.3) is 22.0 Å². The van der Waals surface area contributed by atoms with E-state index in [1.807, 2.05) is 24.0 Å². The number of aromatic nitrogens is 2. The smallest absolute Gasteiger partial charge is 0.255 e. The van der Waals surface area contributed by atoms with Gasteiger partial charge in [0.15, 0.2) is 0 Å². The summed E-state index contributed by atoms with van der Waals surface area (Å²) in [5.74, 6) is 0.0513. The van der Waals surface area contributed by atoms with Gasteiger partial charge in [0.1, 0.15) is 0 Å². The highest BCUT2D eigenvalue weighted by Gasteiger charge is 2.25. The summed E-state index contributed by atoms with van der Waals surface area (Å²) in [6, 6.07) is 18.8. The van der Waals surface area contributed by atoms with E-state index in [4.69, 9.17) is 0 Å². The SMILES string of the molecule is Cc1cncc(C(=O)N2CCc3[nH]c4ccc(-c5ccccc5)cc4c3C2)c1. The van der Waals surface area contributed by atoms with Gasteiger partial charge in [-0.05, 0) is 41.8 Å². The first kappa shape index (κ1) is 16.8. The standard InChI is InChI=1S/C24H21N3O/c1-16-11-19(14-25-13-16)24(28)27-10-9-23-21(15-27)20-12-18(7-8-22(20)26-23)17-5-3-2-4-6-17/h2-8,11-14,26H,9-10,15H2,1H3. The second-order valence-corrected chi connectivity index (χ2v) is 7.44. The van der Waals surface area contributed by atoms with E-state index in [2.05, 4.69) is 52.4 Å². The van der Waals surface area contributed by atoms with Crippen LogP contribution in [0, 0.1) is 6.92 Å². The molecule has 4 nitrogen and oxygen atoms in total. The summed E-state index contributed by atoms with van der Waals surface area (Å²) in [5, 5.41) is 1.20. The molecule has 4 aromatic rings. The molecule has 0 spiro atoms. The van der Waals surface area contributed by atoms with Gasteiger partial charge in [-0.2, -0.15) is 0 Å². The van der Waals surface area contributed by atoms with Gasteiger partial charge in [-0.25, -0.2) is 0 Å². The Bertz CT molecular complexity index is 1180. The second kappa shape index (κ2) is 6.64. The number of H-pyrrole nitrogens is 1. The molecule has 1 aliphatic heterocycles. The molecule has 0 atom stereocenters. The Morgan fingerprint density at radius 1 is 1.04 bits per heavy atom. The first-order valence-corrected chi connectivity index (χ1v) is 9.59. The lowest BCUT2D eigenvalue weighted by Gasteiger charge is -2.27. The zero-order chi connectivity index (χ0) is 19.1.